The Kier molecular flexibility index (Phi) is 24.6. The SMILES string of the molecule is CC/C=C\C/C=C\C/C=C\C/C=C\C/C=C\CCCC(=O)NC(COP(=O)([O-])OCC[N+](C)(C)C)C(O)CCCCC. The first-order valence-electron chi connectivity index (χ1n) is 15.6. The minimum atomic E-state index is -4.55. The Balaban J connectivity index is 4.41. The average Bonchev–Trinajstić information content (AvgIpc) is 2.92. The third-order valence-electron chi connectivity index (χ3n) is 6.27. The van der Waals surface area contributed by atoms with Crippen LogP contribution in [-0.2, 0) is 18.4 Å². The van der Waals surface area contributed by atoms with Crippen LogP contribution in [0.15, 0.2) is 60.8 Å². The number of nitrogens with one attached hydrogen (secondary N) is 1. The van der Waals surface area contributed by atoms with Gasteiger partial charge in [-0.1, -0.05) is 93.9 Å². The Hall–Kier alpha value is -1.80. The zero-order valence-electron chi connectivity index (χ0n) is 26.9. The number of hydrogen-bond acceptors (Lipinski definition) is 6. The molecule has 0 aliphatic carbocycles. The largest absolute Gasteiger partial charge is 0.756 e. The Morgan fingerprint density at radius 1 is 0.857 bits per heavy atom. The van der Waals surface area contributed by atoms with Crippen molar-refractivity contribution < 1.29 is 32.9 Å². The molecule has 0 heterocycles. The van der Waals surface area contributed by atoms with Crippen molar-refractivity contribution in [3.8, 4) is 0 Å². The number of aliphatic hydroxyl groups excluding tert-OH is 1. The summed E-state index contributed by atoms with van der Waals surface area (Å²) in [5.74, 6) is -0.239. The molecule has 0 fully saturated rings. The number of allylic oxidation sites excluding steroid dienone is 10. The minimum absolute atomic E-state index is 0.00381. The van der Waals surface area contributed by atoms with Crippen LogP contribution in [0.1, 0.15) is 90.9 Å². The number of unbranched alkanes of at least 4 members (excludes halogenated alkanes) is 3. The molecule has 0 saturated carbocycles. The summed E-state index contributed by atoms with van der Waals surface area (Å²) in [5.41, 5.74) is 0. The smallest absolute Gasteiger partial charge is 0.268 e. The van der Waals surface area contributed by atoms with Gasteiger partial charge in [0.15, 0.2) is 0 Å². The van der Waals surface area contributed by atoms with Crippen LogP contribution >= 0.6 is 7.82 Å². The first kappa shape index (κ1) is 40.2. The average molecular weight is 611 g/mol. The van der Waals surface area contributed by atoms with Gasteiger partial charge in [-0.05, 0) is 51.4 Å². The summed E-state index contributed by atoms with van der Waals surface area (Å²) < 4.78 is 22.7. The summed E-state index contributed by atoms with van der Waals surface area (Å²) >= 11 is 0. The van der Waals surface area contributed by atoms with E-state index in [2.05, 4.69) is 79.9 Å². The maximum atomic E-state index is 12.5. The highest BCUT2D eigenvalue weighted by Gasteiger charge is 2.24. The lowest BCUT2D eigenvalue weighted by Gasteiger charge is -2.30. The van der Waals surface area contributed by atoms with Crippen molar-refractivity contribution in [2.75, 3.05) is 40.9 Å². The van der Waals surface area contributed by atoms with E-state index in [-0.39, 0.29) is 25.5 Å². The first-order chi connectivity index (χ1) is 20.0. The molecule has 3 atom stereocenters. The van der Waals surface area contributed by atoms with Gasteiger partial charge in [-0.3, -0.25) is 9.36 Å². The van der Waals surface area contributed by atoms with Crippen molar-refractivity contribution in [2.45, 2.75) is 103 Å². The fraction of sp³-hybridized carbons (Fsp3) is 0.667. The summed E-state index contributed by atoms with van der Waals surface area (Å²) in [6, 6.07) is -0.827. The molecular weight excluding hydrogens is 551 g/mol. The number of amides is 1. The van der Waals surface area contributed by atoms with Crippen LogP contribution in [0.3, 0.4) is 0 Å². The van der Waals surface area contributed by atoms with Crippen LogP contribution < -0.4 is 10.2 Å². The molecular formula is C33H59N2O6P. The number of hydrogen-bond donors (Lipinski definition) is 2. The Morgan fingerprint density at radius 2 is 1.40 bits per heavy atom. The molecule has 0 spiro atoms. The number of phosphoric acid groups is 1. The number of rotatable bonds is 26. The van der Waals surface area contributed by atoms with E-state index in [1.807, 2.05) is 21.1 Å². The van der Waals surface area contributed by atoms with Gasteiger partial charge in [-0.15, -0.1) is 0 Å². The monoisotopic (exact) mass is 610 g/mol. The molecule has 0 saturated heterocycles. The van der Waals surface area contributed by atoms with Crippen LogP contribution in [0, 0.1) is 0 Å². The molecule has 9 heteroatoms. The van der Waals surface area contributed by atoms with Gasteiger partial charge in [0.05, 0.1) is 39.9 Å². The minimum Gasteiger partial charge on any atom is -0.756 e. The second kappa shape index (κ2) is 25.7. The number of quaternary nitrogens is 1. The summed E-state index contributed by atoms with van der Waals surface area (Å²) in [7, 11) is 1.24. The van der Waals surface area contributed by atoms with Crippen molar-refractivity contribution in [3.63, 3.8) is 0 Å². The van der Waals surface area contributed by atoms with E-state index in [0.29, 0.717) is 23.9 Å². The van der Waals surface area contributed by atoms with Crippen molar-refractivity contribution >= 4 is 13.7 Å². The molecule has 0 aromatic rings. The lowest BCUT2D eigenvalue weighted by Crippen LogP contribution is -2.46. The number of nitrogens with zero attached hydrogens (tertiary/aromatic N) is 1. The Labute approximate surface area is 256 Å². The molecule has 0 aromatic heterocycles. The van der Waals surface area contributed by atoms with Gasteiger partial charge in [-0.25, -0.2) is 0 Å². The summed E-state index contributed by atoms with van der Waals surface area (Å²) in [5, 5.41) is 13.4. The van der Waals surface area contributed by atoms with Crippen molar-refractivity contribution in [1.82, 2.24) is 5.32 Å². The molecule has 0 aromatic carbocycles. The summed E-state index contributed by atoms with van der Waals surface area (Å²) in [4.78, 5) is 24.7. The van der Waals surface area contributed by atoms with E-state index in [1.165, 1.54) is 0 Å². The first-order valence-corrected chi connectivity index (χ1v) is 17.1. The maximum absolute atomic E-state index is 12.5. The molecule has 0 aliphatic heterocycles. The highest BCUT2D eigenvalue weighted by atomic mass is 31.2. The van der Waals surface area contributed by atoms with Crippen LogP contribution in [-0.4, -0.2) is 68.5 Å². The van der Waals surface area contributed by atoms with Crippen molar-refractivity contribution in [3.05, 3.63) is 60.8 Å². The van der Waals surface area contributed by atoms with Crippen LogP contribution in [0.4, 0.5) is 0 Å². The number of aliphatic hydroxyl groups is 1. The predicted molar refractivity (Wildman–Crippen MR) is 173 cm³/mol. The van der Waals surface area contributed by atoms with Crippen molar-refractivity contribution in [2.24, 2.45) is 0 Å². The fourth-order valence-electron chi connectivity index (χ4n) is 3.72. The number of phosphoric ester groups is 1. The highest BCUT2D eigenvalue weighted by Crippen LogP contribution is 2.38. The molecule has 42 heavy (non-hydrogen) atoms. The number of carbonyl (C=O) groups is 1. The zero-order valence-corrected chi connectivity index (χ0v) is 27.8. The molecule has 0 rings (SSSR count). The van der Waals surface area contributed by atoms with Crippen molar-refractivity contribution in [1.29, 1.82) is 0 Å². The van der Waals surface area contributed by atoms with Gasteiger partial charge in [-0.2, -0.15) is 0 Å². The summed E-state index contributed by atoms with van der Waals surface area (Å²) in [6.45, 7) is 4.33. The summed E-state index contributed by atoms with van der Waals surface area (Å²) in [6.07, 6.45) is 30.2. The fourth-order valence-corrected chi connectivity index (χ4v) is 4.44. The maximum Gasteiger partial charge on any atom is 0.268 e. The van der Waals surface area contributed by atoms with E-state index in [4.69, 9.17) is 9.05 Å². The van der Waals surface area contributed by atoms with Crippen LogP contribution in [0.5, 0.6) is 0 Å². The zero-order chi connectivity index (χ0) is 31.5. The molecule has 0 aliphatic rings. The lowest BCUT2D eigenvalue weighted by molar-refractivity contribution is -0.870. The molecule has 0 radical (unpaired) electrons. The molecule has 0 bridgehead atoms. The Morgan fingerprint density at radius 3 is 1.93 bits per heavy atom. The third kappa shape index (κ3) is 27.1. The Bertz CT molecular complexity index is 876. The van der Waals surface area contributed by atoms with Crippen LogP contribution in [0.25, 0.3) is 0 Å². The molecule has 242 valence electrons. The third-order valence-corrected chi connectivity index (χ3v) is 7.23. The quantitative estimate of drug-likeness (QED) is 0.0498. The van der Waals surface area contributed by atoms with E-state index in [9.17, 15) is 19.4 Å². The van der Waals surface area contributed by atoms with Gasteiger partial charge in [0.25, 0.3) is 7.82 Å². The van der Waals surface area contributed by atoms with E-state index < -0.39 is 20.0 Å². The number of carbonyl (C=O) groups excluding carboxylic acids is 1. The van der Waals surface area contributed by atoms with Gasteiger partial charge in [0.2, 0.25) is 5.91 Å². The van der Waals surface area contributed by atoms with Gasteiger partial charge < -0.3 is 28.8 Å². The van der Waals surface area contributed by atoms with Gasteiger partial charge in [0.1, 0.15) is 13.2 Å². The lowest BCUT2D eigenvalue weighted by atomic mass is 10.0. The molecule has 8 nitrogen and oxygen atoms in total. The normalized spacial score (nSPS) is 15.9. The second-order valence-corrected chi connectivity index (χ2v) is 12.8. The van der Waals surface area contributed by atoms with Gasteiger partial charge >= 0.3 is 0 Å². The molecule has 2 N–H and O–H groups in total. The van der Waals surface area contributed by atoms with E-state index in [1.54, 1.807) is 0 Å². The standard InChI is InChI=1S/C33H59N2O6P/c1-6-8-10-11-12-13-14-15-16-17-18-19-20-21-22-23-25-27-33(37)34-31(32(36)26-24-9-7-2)30-41-42(38,39)40-29-28-35(3,4)5/h8,10,12-13,15-16,18-19,21-22,31-32,36H,6-7,9,11,14,17,20,23-30H2,1-5H3,(H-,34,37,38,39)/b10-8-,13-12-,16-15-,19-18-,22-21-. The number of likely N-dealkylation sites (N-methyl/N-ethyl adjacent to an activating group) is 1. The highest BCUT2D eigenvalue weighted by molar-refractivity contribution is 7.45. The molecule has 3 unspecified atom stereocenters. The predicted octanol–water partition coefficient (Wildman–Crippen LogP) is 6.54. The van der Waals surface area contributed by atoms with Gasteiger partial charge in [0, 0.05) is 6.42 Å². The van der Waals surface area contributed by atoms with E-state index in [0.717, 1.165) is 57.8 Å². The second-order valence-electron chi connectivity index (χ2n) is 11.4. The van der Waals surface area contributed by atoms with E-state index >= 15 is 0 Å². The molecule has 1 amide bonds. The topological polar surface area (TPSA) is 108 Å². The van der Waals surface area contributed by atoms with Crippen LogP contribution in [0.2, 0.25) is 0 Å².